The first-order valence-electron chi connectivity index (χ1n) is 11.9. The molecule has 1 spiro atoms. The highest BCUT2D eigenvalue weighted by Crippen LogP contribution is 2.50. The Kier molecular flexibility index (Phi) is 5.55. The van der Waals surface area contributed by atoms with E-state index in [1.165, 1.54) is 16.7 Å². The smallest absolute Gasteiger partial charge is 0.416 e. The minimum absolute atomic E-state index is 0.102. The Hall–Kier alpha value is -3.10. The first-order chi connectivity index (χ1) is 17.7. The number of carbonyl (C=O) groups is 3. The average Bonchev–Trinajstić information content (AvgIpc) is 3.40. The van der Waals surface area contributed by atoms with Crippen LogP contribution in [-0.4, -0.2) is 84.0 Å². The third kappa shape index (κ3) is 3.35. The number of morpholine rings is 1. The second kappa shape index (κ2) is 8.46. The van der Waals surface area contributed by atoms with Gasteiger partial charge in [-0.2, -0.15) is 11.8 Å². The first kappa shape index (κ1) is 24.2. The molecule has 2 unspecified atom stereocenters. The SMILES string of the molecule is CSC[C@H]1COC(=O)N1c1noc2c(F)c3c(cc12)CC1(C(=O)NC(=O)NC1O)[C@H]1[C@H](C)O[C@H](C)CN31. The number of cyclic esters (lactones) is 1. The molecule has 0 radical (unpaired) electrons. The van der Waals surface area contributed by atoms with E-state index >= 15 is 4.39 Å². The summed E-state index contributed by atoms with van der Waals surface area (Å²) in [6.45, 7) is 3.99. The summed E-state index contributed by atoms with van der Waals surface area (Å²) >= 11 is 1.53. The minimum atomic E-state index is -1.56. The van der Waals surface area contributed by atoms with Gasteiger partial charge in [0.25, 0.3) is 0 Å². The lowest BCUT2D eigenvalue weighted by Crippen LogP contribution is -2.76. The summed E-state index contributed by atoms with van der Waals surface area (Å²) < 4.78 is 32.9. The zero-order valence-corrected chi connectivity index (χ0v) is 21.1. The number of aliphatic hydroxyl groups is 1. The highest BCUT2D eigenvalue weighted by Gasteiger charge is 2.63. The lowest BCUT2D eigenvalue weighted by Gasteiger charge is -2.57. The van der Waals surface area contributed by atoms with Crippen molar-refractivity contribution in [3.63, 3.8) is 0 Å². The molecule has 1 aromatic carbocycles. The Morgan fingerprint density at radius 3 is 2.84 bits per heavy atom. The van der Waals surface area contributed by atoms with Crippen molar-refractivity contribution < 1.29 is 37.9 Å². The highest BCUT2D eigenvalue weighted by molar-refractivity contribution is 7.98. The van der Waals surface area contributed by atoms with Crippen molar-refractivity contribution in [1.29, 1.82) is 0 Å². The van der Waals surface area contributed by atoms with Crippen LogP contribution in [0.15, 0.2) is 10.6 Å². The number of carbonyl (C=O) groups excluding carboxylic acids is 3. The van der Waals surface area contributed by atoms with Crippen LogP contribution in [0.3, 0.4) is 0 Å². The number of thioether (sulfide) groups is 1. The molecule has 4 amide bonds. The van der Waals surface area contributed by atoms with E-state index in [-0.39, 0.29) is 54.2 Å². The largest absolute Gasteiger partial charge is 0.447 e. The summed E-state index contributed by atoms with van der Waals surface area (Å²) in [5.74, 6) is -0.659. The zero-order chi connectivity index (χ0) is 26.2. The second-order valence-corrected chi connectivity index (χ2v) is 10.8. The van der Waals surface area contributed by atoms with E-state index in [1.807, 2.05) is 13.2 Å². The highest BCUT2D eigenvalue weighted by atomic mass is 32.2. The van der Waals surface area contributed by atoms with Crippen LogP contribution in [0.4, 0.5) is 25.5 Å². The Morgan fingerprint density at radius 1 is 1.32 bits per heavy atom. The molecule has 3 fully saturated rings. The number of aromatic nitrogens is 1. The van der Waals surface area contributed by atoms with Crippen LogP contribution in [0.2, 0.25) is 0 Å². The van der Waals surface area contributed by atoms with E-state index in [1.54, 1.807) is 17.9 Å². The van der Waals surface area contributed by atoms with Crippen LogP contribution in [0, 0.1) is 11.2 Å². The van der Waals surface area contributed by atoms with Gasteiger partial charge in [0, 0.05) is 12.3 Å². The molecule has 6 atom stereocenters. The van der Waals surface area contributed by atoms with Crippen molar-refractivity contribution in [3.8, 4) is 0 Å². The van der Waals surface area contributed by atoms with Gasteiger partial charge in [-0.15, -0.1) is 0 Å². The van der Waals surface area contributed by atoms with E-state index in [9.17, 15) is 19.5 Å². The van der Waals surface area contributed by atoms with Crippen molar-refractivity contribution >= 4 is 52.3 Å². The third-order valence-electron chi connectivity index (χ3n) is 7.67. The summed E-state index contributed by atoms with van der Waals surface area (Å²) in [6, 6.07) is -0.275. The number of fused-ring (bicyclic) bond motifs is 5. The predicted molar refractivity (Wildman–Crippen MR) is 130 cm³/mol. The molecule has 0 saturated carbocycles. The number of hydrogen-bond acceptors (Lipinski definition) is 10. The van der Waals surface area contributed by atoms with Crippen molar-refractivity contribution in [1.82, 2.24) is 15.8 Å². The molecule has 2 aromatic rings. The molecule has 0 bridgehead atoms. The van der Waals surface area contributed by atoms with Crippen LogP contribution in [-0.2, 0) is 20.7 Å². The van der Waals surface area contributed by atoms with Gasteiger partial charge >= 0.3 is 12.1 Å². The molecule has 4 aliphatic rings. The molecular formula is C23H26FN5O7S. The van der Waals surface area contributed by atoms with Crippen LogP contribution in [0.5, 0.6) is 0 Å². The number of nitrogens with zero attached hydrogens (tertiary/aromatic N) is 3. The van der Waals surface area contributed by atoms with E-state index in [4.69, 9.17) is 14.0 Å². The molecule has 14 heteroatoms. The van der Waals surface area contributed by atoms with Gasteiger partial charge in [0.1, 0.15) is 18.2 Å². The fourth-order valence-electron chi connectivity index (χ4n) is 6.30. The number of aliphatic hydroxyl groups excluding tert-OH is 1. The maximum absolute atomic E-state index is 16.2. The van der Waals surface area contributed by atoms with Gasteiger partial charge in [-0.25, -0.2) is 14.0 Å². The molecule has 37 heavy (non-hydrogen) atoms. The first-order valence-corrected chi connectivity index (χ1v) is 13.3. The number of nitrogens with one attached hydrogen (secondary N) is 2. The van der Waals surface area contributed by atoms with Gasteiger partial charge in [-0.05, 0) is 38.2 Å². The molecule has 3 N–H and O–H groups in total. The summed E-state index contributed by atoms with van der Waals surface area (Å²) in [5.41, 5.74) is -1.06. The molecule has 0 aliphatic carbocycles. The summed E-state index contributed by atoms with van der Waals surface area (Å²) in [5, 5.41) is 20.1. The maximum Gasteiger partial charge on any atom is 0.416 e. The van der Waals surface area contributed by atoms with E-state index in [0.29, 0.717) is 11.3 Å². The molecule has 1 aromatic heterocycles. The quantitative estimate of drug-likeness (QED) is 0.526. The van der Waals surface area contributed by atoms with Crippen LogP contribution >= 0.6 is 11.8 Å². The van der Waals surface area contributed by atoms with Crippen molar-refractivity contribution in [2.45, 2.75) is 50.8 Å². The normalized spacial score (nSPS) is 33.3. The van der Waals surface area contributed by atoms with E-state index in [0.717, 1.165) is 0 Å². The monoisotopic (exact) mass is 535 g/mol. The summed E-state index contributed by atoms with van der Waals surface area (Å²) in [7, 11) is 0. The van der Waals surface area contributed by atoms with Gasteiger partial charge in [0.2, 0.25) is 11.5 Å². The third-order valence-corrected chi connectivity index (χ3v) is 8.39. The van der Waals surface area contributed by atoms with Crippen molar-refractivity contribution in [2.75, 3.05) is 35.0 Å². The molecule has 6 rings (SSSR count). The Balaban J connectivity index is 1.55. The maximum atomic E-state index is 16.2. The number of hydrogen-bond donors (Lipinski definition) is 3. The number of imide groups is 1. The molecule has 5 heterocycles. The molecule has 3 saturated heterocycles. The van der Waals surface area contributed by atoms with Crippen LogP contribution in [0.25, 0.3) is 11.0 Å². The number of ether oxygens (including phenoxy) is 2. The van der Waals surface area contributed by atoms with Crippen molar-refractivity contribution in [2.24, 2.45) is 5.41 Å². The molecule has 4 aliphatic heterocycles. The second-order valence-electron chi connectivity index (χ2n) is 9.93. The number of urea groups is 1. The van der Waals surface area contributed by atoms with Gasteiger partial charge < -0.3 is 29.3 Å². The van der Waals surface area contributed by atoms with Gasteiger partial charge in [-0.1, -0.05) is 5.16 Å². The van der Waals surface area contributed by atoms with Gasteiger partial charge in [0.05, 0.1) is 35.4 Å². The number of anilines is 2. The molecule has 12 nitrogen and oxygen atoms in total. The molecule has 198 valence electrons. The Labute approximate surface area is 214 Å². The Bertz CT molecular complexity index is 1320. The Morgan fingerprint density at radius 2 is 2.11 bits per heavy atom. The standard InChI is InChI=1S/C23H26FN5O7S/c1-9-6-28-15-11(5-23(17(28)10(2)35-9)19(30)25-21(32)26-20(23)31)4-13-16(14(15)24)36-27-18(13)29-12(8-37-3)7-34-22(29)33/h4,9-10,12,17,19,30H,5-8H2,1-3H3,(H2,25,26,31,32)/t9-,10+,12-,17-,19?,23?/m1/s1. The minimum Gasteiger partial charge on any atom is -0.447 e. The lowest BCUT2D eigenvalue weighted by atomic mass is 9.66. The number of halogens is 1. The molecular weight excluding hydrogens is 509 g/mol. The number of benzene rings is 1. The number of amides is 4. The summed E-state index contributed by atoms with van der Waals surface area (Å²) in [4.78, 5) is 41.0. The van der Waals surface area contributed by atoms with Crippen molar-refractivity contribution in [3.05, 3.63) is 17.4 Å². The lowest BCUT2D eigenvalue weighted by molar-refractivity contribution is -0.155. The van der Waals surface area contributed by atoms with Gasteiger partial charge in [0.15, 0.2) is 11.6 Å². The fraction of sp³-hybridized carbons (Fsp3) is 0.565. The fourth-order valence-corrected chi connectivity index (χ4v) is 6.93. The van der Waals surface area contributed by atoms with E-state index < -0.39 is 47.6 Å². The van der Waals surface area contributed by atoms with Crippen LogP contribution < -0.4 is 20.4 Å². The van der Waals surface area contributed by atoms with Gasteiger partial charge in [-0.3, -0.25) is 15.0 Å². The van der Waals surface area contributed by atoms with E-state index in [2.05, 4.69) is 15.8 Å². The predicted octanol–water partition coefficient (Wildman–Crippen LogP) is 1.34. The average molecular weight is 536 g/mol. The summed E-state index contributed by atoms with van der Waals surface area (Å²) in [6.07, 6.45) is -1.25. The topological polar surface area (TPSA) is 146 Å². The number of rotatable bonds is 3. The zero-order valence-electron chi connectivity index (χ0n) is 20.3. The van der Waals surface area contributed by atoms with Crippen LogP contribution in [0.1, 0.15) is 19.4 Å².